The largest absolute Gasteiger partial charge is 0.490 e. The Morgan fingerprint density at radius 2 is 1.76 bits per heavy atom. The maximum atomic E-state index is 13.6. The molecule has 12 heteroatoms. The number of nitrogens with one attached hydrogen (secondary N) is 2. The van der Waals surface area contributed by atoms with Crippen LogP contribution in [-0.4, -0.2) is 41.0 Å². The average molecular weight is 495 g/mol. The van der Waals surface area contributed by atoms with Crippen LogP contribution in [0.5, 0.6) is 11.5 Å². The lowest BCUT2D eigenvalue weighted by atomic mass is 10.2. The van der Waals surface area contributed by atoms with Gasteiger partial charge in [-0.15, -0.1) is 10.2 Å². The lowest BCUT2D eigenvalue weighted by Crippen LogP contribution is -2.15. The van der Waals surface area contributed by atoms with Gasteiger partial charge in [-0.1, -0.05) is 23.1 Å². The number of ether oxygens (including phenoxy) is 2. The van der Waals surface area contributed by atoms with Gasteiger partial charge in [0.25, 0.3) is 5.91 Å². The highest BCUT2D eigenvalue weighted by atomic mass is 32.2. The van der Waals surface area contributed by atoms with E-state index in [0.717, 1.165) is 35.2 Å². The Morgan fingerprint density at radius 1 is 1.00 bits per heavy atom. The predicted molar refractivity (Wildman–Crippen MR) is 122 cm³/mol. The molecule has 0 saturated heterocycles. The highest BCUT2D eigenvalue weighted by molar-refractivity contribution is 8.01. The van der Waals surface area contributed by atoms with Gasteiger partial charge in [-0.2, -0.15) is 0 Å². The third-order valence-electron chi connectivity index (χ3n) is 3.96. The molecule has 0 unspecified atom stereocenters. The van der Waals surface area contributed by atoms with Crippen molar-refractivity contribution in [3.8, 4) is 11.5 Å². The zero-order valence-corrected chi connectivity index (χ0v) is 19.3. The number of carbonyl (C=O) groups is 2. The summed E-state index contributed by atoms with van der Waals surface area (Å²) in [5.41, 5.74) is 0.237. The van der Waals surface area contributed by atoms with Gasteiger partial charge in [0.05, 0.1) is 24.7 Å². The van der Waals surface area contributed by atoms with E-state index in [1.165, 1.54) is 0 Å². The monoisotopic (exact) mass is 494 g/mol. The Bertz CT molecular complexity index is 1140. The van der Waals surface area contributed by atoms with Crippen LogP contribution >= 0.6 is 23.1 Å². The van der Waals surface area contributed by atoms with E-state index >= 15 is 0 Å². The van der Waals surface area contributed by atoms with Gasteiger partial charge < -0.3 is 14.8 Å². The Labute approximate surface area is 196 Å². The van der Waals surface area contributed by atoms with Crippen LogP contribution < -0.4 is 20.1 Å². The number of rotatable bonds is 10. The fraction of sp³-hybridized carbons (Fsp3) is 0.238. The number of benzene rings is 2. The smallest absolute Gasteiger partial charge is 0.257 e. The highest BCUT2D eigenvalue weighted by Gasteiger charge is 2.15. The van der Waals surface area contributed by atoms with Crippen LogP contribution in [0.4, 0.5) is 19.6 Å². The van der Waals surface area contributed by atoms with E-state index in [-0.39, 0.29) is 16.6 Å². The summed E-state index contributed by atoms with van der Waals surface area (Å²) in [5, 5.41) is 13.1. The molecule has 8 nitrogen and oxygen atoms in total. The summed E-state index contributed by atoms with van der Waals surface area (Å²) >= 11 is 2.15. The minimum atomic E-state index is -0.865. The van der Waals surface area contributed by atoms with Crippen molar-refractivity contribution in [2.75, 3.05) is 29.6 Å². The lowest BCUT2D eigenvalue weighted by molar-refractivity contribution is -0.113. The van der Waals surface area contributed by atoms with Gasteiger partial charge in [-0.25, -0.2) is 8.78 Å². The topological polar surface area (TPSA) is 102 Å². The molecule has 1 heterocycles. The Morgan fingerprint density at radius 3 is 2.48 bits per heavy atom. The standard InChI is InChI=1S/C21H20F2N4O4S2/c1-3-30-16-8-5-12(9-17(16)31-4-2)19(29)25-20-26-27-21(33-20)32-11-18(28)24-15-7-6-13(22)10-14(15)23/h5-10H,3-4,11H2,1-2H3,(H,24,28)(H,25,26,29). The first kappa shape index (κ1) is 24.4. The predicted octanol–water partition coefficient (Wildman–Crippen LogP) is 4.60. The van der Waals surface area contributed by atoms with Gasteiger partial charge in [0, 0.05) is 11.6 Å². The van der Waals surface area contributed by atoms with Gasteiger partial charge in [-0.3, -0.25) is 14.9 Å². The number of amides is 2. The summed E-state index contributed by atoms with van der Waals surface area (Å²) in [6.45, 7) is 4.57. The van der Waals surface area contributed by atoms with Crippen LogP contribution in [0, 0.1) is 11.6 Å². The van der Waals surface area contributed by atoms with Crippen molar-refractivity contribution >= 4 is 45.7 Å². The van der Waals surface area contributed by atoms with Crippen LogP contribution in [0.25, 0.3) is 0 Å². The minimum Gasteiger partial charge on any atom is -0.490 e. The van der Waals surface area contributed by atoms with Crippen molar-refractivity contribution in [2.45, 2.75) is 18.2 Å². The summed E-state index contributed by atoms with van der Waals surface area (Å²) in [5.74, 6) is -1.57. The van der Waals surface area contributed by atoms with Gasteiger partial charge in [-0.05, 0) is 44.2 Å². The fourth-order valence-electron chi connectivity index (χ4n) is 2.58. The zero-order valence-electron chi connectivity index (χ0n) is 17.7. The fourth-order valence-corrected chi connectivity index (χ4v) is 4.13. The van der Waals surface area contributed by atoms with Crippen molar-refractivity contribution in [1.82, 2.24) is 10.2 Å². The first-order chi connectivity index (χ1) is 15.9. The number of nitrogens with zero attached hydrogens (tertiary/aromatic N) is 2. The number of aromatic nitrogens is 2. The van der Waals surface area contributed by atoms with Crippen LogP contribution in [0.15, 0.2) is 40.7 Å². The van der Waals surface area contributed by atoms with E-state index in [4.69, 9.17) is 9.47 Å². The van der Waals surface area contributed by atoms with Gasteiger partial charge in [0.1, 0.15) is 11.6 Å². The molecule has 0 radical (unpaired) electrons. The SMILES string of the molecule is CCOc1ccc(C(=O)Nc2nnc(SCC(=O)Nc3ccc(F)cc3F)s2)cc1OCC. The number of hydrogen-bond donors (Lipinski definition) is 2. The zero-order chi connectivity index (χ0) is 23.8. The molecular weight excluding hydrogens is 474 g/mol. The molecule has 2 N–H and O–H groups in total. The van der Waals surface area contributed by atoms with Crippen molar-refractivity contribution in [1.29, 1.82) is 0 Å². The summed E-state index contributed by atoms with van der Waals surface area (Å²) in [7, 11) is 0. The number of halogens is 2. The van der Waals surface area contributed by atoms with E-state index < -0.39 is 23.4 Å². The molecule has 0 bridgehead atoms. The van der Waals surface area contributed by atoms with E-state index in [0.29, 0.717) is 40.7 Å². The highest BCUT2D eigenvalue weighted by Crippen LogP contribution is 2.30. The second-order valence-electron chi connectivity index (χ2n) is 6.32. The third-order valence-corrected chi connectivity index (χ3v) is 5.94. The number of hydrogen-bond acceptors (Lipinski definition) is 8. The number of carbonyl (C=O) groups excluding carboxylic acids is 2. The minimum absolute atomic E-state index is 0.0734. The maximum absolute atomic E-state index is 13.6. The summed E-state index contributed by atoms with van der Waals surface area (Å²) < 4.78 is 38.0. The molecule has 0 fully saturated rings. The van der Waals surface area contributed by atoms with Crippen molar-refractivity contribution < 1.29 is 27.8 Å². The third kappa shape index (κ3) is 6.86. The van der Waals surface area contributed by atoms with Crippen LogP contribution in [0.2, 0.25) is 0 Å². The molecule has 3 aromatic rings. The molecule has 3 rings (SSSR count). The summed E-state index contributed by atoms with van der Waals surface area (Å²) in [6, 6.07) is 7.73. The van der Waals surface area contributed by atoms with Crippen LogP contribution in [-0.2, 0) is 4.79 Å². The molecule has 1 aromatic heterocycles. The number of thioether (sulfide) groups is 1. The molecular formula is C21H20F2N4O4S2. The molecule has 0 atom stereocenters. The molecule has 0 spiro atoms. The first-order valence-corrected chi connectivity index (χ1v) is 11.6. The molecule has 0 aliphatic heterocycles. The second kappa shape index (κ2) is 11.6. The van der Waals surface area contributed by atoms with E-state index in [1.807, 2.05) is 13.8 Å². The Balaban J connectivity index is 1.56. The van der Waals surface area contributed by atoms with Crippen molar-refractivity contribution in [2.24, 2.45) is 0 Å². The Kier molecular flexibility index (Phi) is 8.55. The normalized spacial score (nSPS) is 10.5. The lowest BCUT2D eigenvalue weighted by Gasteiger charge is -2.12. The van der Waals surface area contributed by atoms with Crippen molar-refractivity contribution in [3.63, 3.8) is 0 Å². The molecule has 2 amide bonds. The average Bonchev–Trinajstić information content (AvgIpc) is 3.23. The molecule has 0 saturated carbocycles. The van der Waals surface area contributed by atoms with Gasteiger partial charge >= 0.3 is 0 Å². The summed E-state index contributed by atoms with van der Waals surface area (Å²) in [4.78, 5) is 24.6. The van der Waals surface area contributed by atoms with Gasteiger partial charge in [0.15, 0.2) is 15.8 Å². The van der Waals surface area contributed by atoms with E-state index in [2.05, 4.69) is 20.8 Å². The van der Waals surface area contributed by atoms with Crippen molar-refractivity contribution in [3.05, 3.63) is 53.6 Å². The molecule has 33 heavy (non-hydrogen) atoms. The quantitative estimate of drug-likeness (QED) is 0.314. The molecule has 0 aliphatic rings. The second-order valence-corrected chi connectivity index (χ2v) is 8.52. The molecule has 174 valence electrons. The molecule has 0 aliphatic carbocycles. The van der Waals surface area contributed by atoms with Crippen LogP contribution in [0.1, 0.15) is 24.2 Å². The number of anilines is 2. The maximum Gasteiger partial charge on any atom is 0.257 e. The van der Waals surface area contributed by atoms with Crippen LogP contribution in [0.3, 0.4) is 0 Å². The first-order valence-electron chi connectivity index (χ1n) is 9.81. The molecule has 2 aromatic carbocycles. The van der Waals surface area contributed by atoms with E-state index in [9.17, 15) is 18.4 Å². The van der Waals surface area contributed by atoms with E-state index in [1.54, 1.807) is 18.2 Å². The van der Waals surface area contributed by atoms with Gasteiger partial charge in [0.2, 0.25) is 11.0 Å². The Hall–Kier alpha value is -3.25. The summed E-state index contributed by atoms with van der Waals surface area (Å²) in [6.07, 6.45) is 0.